The molecule has 3 aromatic rings. The zero-order chi connectivity index (χ0) is 37.2. The van der Waals surface area contributed by atoms with Crippen LogP contribution in [0.4, 0.5) is 0 Å². The van der Waals surface area contributed by atoms with E-state index in [2.05, 4.69) is 13.2 Å². The van der Waals surface area contributed by atoms with E-state index in [0.29, 0.717) is 48.7 Å². The Kier molecular flexibility index (Phi) is 19.1. The van der Waals surface area contributed by atoms with Crippen LogP contribution in [0.5, 0.6) is 23.0 Å². The predicted molar refractivity (Wildman–Crippen MR) is 191 cm³/mol. The van der Waals surface area contributed by atoms with Crippen LogP contribution in [-0.2, 0) is 38.1 Å². The first-order valence-corrected chi connectivity index (χ1v) is 17.0. The smallest absolute Gasteiger partial charge is 0.330 e. The predicted octanol–water partition coefficient (Wildman–Crippen LogP) is 6.22. The second-order valence-corrected chi connectivity index (χ2v) is 11.2. The van der Waals surface area contributed by atoms with Crippen molar-refractivity contribution in [2.75, 3.05) is 39.6 Å². The van der Waals surface area contributed by atoms with E-state index in [1.807, 2.05) is 36.4 Å². The van der Waals surface area contributed by atoms with Gasteiger partial charge in [0.1, 0.15) is 49.4 Å². The maximum atomic E-state index is 12.6. The summed E-state index contributed by atoms with van der Waals surface area (Å²) in [5.41, 5.74) is 0. The molecule has 0 aromatic heterocycles. The van der Waals surface area contributed by atoms with Crippen LogP contribution in [0.3, 0.4) is 0 Å². The lowest BCUT2D eigenvalue weighted by Crippen LogP contribution is -2.31. The highest BCUT2D eigenvalue weighted by atomic mass is 16.6. The van der Waals surface area contributed by atoms with E-state index in [1.54, 1.807) is 48.5 Å². The lowest BCUT2D eigenvalue weighted by molar-refractivity contribution is -0.153. The van der Waals surface area contributed by atoms with Gasteiger partial charge in [0.25, 0.3) is 0 Å². The van der Waals surface area contributed by atoms with E-state index in [9.17, 15) is 19.2 Å². The van der Waals surface area contributed by atoms with Gasteiger partial charge >= 0.3 is 23.9 Å². The van der Waals surface area contributed by atoms with Crippen LogP contribution >= 0.6 is 0 Å². The molecule has 2 atom stereocenters. The lowest BCUT2D eigenvalue weighted by atomic mass is 10.2. The summed E-state index contributed by atoms with van der Waals surface area (Å²) in [6.45, 7) is 7.16. The molecule has 0 fully saturated rings. The number of esters is 4. The number of benzene rings is 3. The maximum absolute atomic E-state index is 12.6. The molecular formula is C40H46O12. The van der Waals surface area contributed by atoms with Crippen LogP contribution in [0.25, 0.3) is 0 Å². The fourth-order valence-corrected chi connectivity index (χ4v) is 4.37. The molecule has 0 bridgehead atoms. The van der Waals surface area contributed by atoms with E-state index in [1.165, 1.54) is 0 Å². The highest BCUT2D eigenvalue weighted by Gasteiger charge is 2.19. The number of unbranched alkanes of at least 4 members (excludes halogenated alkanes) is 2. The van der Waals surface area contributed by atoms with Gasteiger partial charge in [-0.05, 0) is 62.1 Å². The molecule has 0 amide bonds. The number of ether oxygens (including phenoxy) is 8. The molecular weight excluding hydrogens is 672 g/mol. The molecule has 0 aliphatic heterocycles. The molecule has 12 nitrogen and oxygen atoms in total. The largest absolute Gasteiger partial charge is 0.490 e. The van der Waals surface area contributed by atoms with Gasteiger partial charge in [-0.15, -0.1) is 0 Å². The molecule has 0 heterocycles. The summed E-state index contributed by atoms with van der Waals surface area (Å²) in [6.07, 6.45) is 2.89. The molecule has 278 valence electrons. The molecule has 0 spiro atoms. The number of carbonyl (C=O) groups is 4. The Morgan fingerprint density at radius 3 is 1.25 bits per heavy atom. The van der Waals surface area contributed by atoms with Gasteiger partial charge in [-0.2, -0.15) is 0 Å². The molecule has 0 radical (unpaired) electrons. The van der Waals surface area contributed by atoms with Crippen molar-refractivity contribution in [2.45, 2.75) is 50.7 Å². The van der Waals surface area contributed by atoms with Crippen molar-refractivity contribution >= 4 is 23.9 Å². The Morgan fingerprint density at radius 1 is 0.500 bits per heavy atom. The van der Waals surface area contributed by atoms with Gasteiger partial charge in [0.15, 0.2) is 12.2 Å². The van der Waals surface area contributed by atoms with E-state index < -0.39 is 36.1 Å². The first-order chi connectivity index (χ1) is 25.3. The van der Waals surface area contributed by atoms with Crippen molar-refractivity contribution < 1.29 is 57.1 Å². The minimum Gasteiger partial charge on any atom is -0.490 e. The highest BCUT2D eigenvalue weighted by Crippen LogP contribution is 2.21. The minimum atomic E-state index is -0.733. The van der Waals surface area contributed by atoms with Gasteiger partial charge in [-0.3, -0.25) is 9.59 Å². The van der Waals surface area contributed by atoms with Crippen molar-refractivity contribution in [2.24, 2.45) is 0 Å². The summed E-state index contributed by atoms with van der Waals surface area (Å²) >= 11 is 0. The average molecular weight is 719 g/mol. The van der Waals surface area contributed by atoms with Crippen LogP contribution in [0.2, 0.25) is 0 Å². The van der Waals surface area contributed by atoms with Crippen molar-refractivity contribution in [3.05, 3.63) is 110 Å². The number of carbonyl (C=O) groups excluding carboxylic acids is 4. The van der Waals surface area contributed by atoms with Gasteiger partial charge in [-0.1, -0.05) is 55.6 Å². The Bertz CT molecular complexity index is 1420. The summed E-state index contributed by atoms with van der Waals surface area (Å²) in [5, 5.41) is 0. The molecule has 0 aliphatic carbocycles. The van der Waals surface area contributed by atoms with Crippen molar-refractivity contribution in [1.82, 2.24) is 0 Å². The third-order valence-corrected chi connectivity index (χ3v) is 7.00. The number of rotatable bonds is 26. The number of para-hydroxylation sites is 2. The summed E-state index contributed by atoms with van der Waals surface area (Å²) in [5.74, 6) is 0.232. The summed E-state index contributed by atoms with van der Waals surface area (Å²) in [4.78, 5) is 47.7. The quantitative estimate of drug-likeness (QED) is 0.0402. The van der Waals surface area contributed by atoms with E-state index in [4.69, 9.17) is 37.9 Å². The summed E-state index contributed by atoms with van der Waals surface area (Å²) < 4.78 is 44.9. The Labute approximate surface area is 304 Å². The van der Waals surface area contributed by atoms with Crippen molar-refractivity contribution in [3.8, 4) is 23.0 Å². The first-order valence-electron chi connectivity index (χ1n) is 17.0. The van der Waals surface area contributed by atoms with E-state index in [0.717, 1.165) is 12.2 Å². The number of hydrogen-bond acceptors (Lipinski definition) is 12. The first kappa shape index (κ1) is 40.6. The zero-order valence-corrected chi connectivity index (χ0v) is 29.2. The Hall–Kier alpha value is -5.78. The van der Waals surface area contributed by atoms with Gasteiger partial charge in [0.05, 0.1) is 13.2 Å². The Balaban J connectivity index is 1.54. The van der Waals surface area contributed by atoms with E-state index >= 15 is 0 Å². The minimum absolute atomic E-state index is 0.00306. The van der Waals surface area contributed by atoms with Crippen LogP contribution in [0, 0.1) is 0 Å². The summed E-state index contributed by atoms with van der Waals surface area (Å²) in [6, 6.07) is 25.1. The van der Waals surface area contributed by atoms with Crippen LogP contribution in [-0.4, -0.2) is 75.7 Å². The van der Waals surface area contributed by atoms with Crippen molar-refractivity contribution in [1.29, 1.82) is 0 Å². The third kappa shape index (κ3) is 17.7. The monoisotopic (exact) mass is 718 g/mol. The normalized spacial score (nSPS) is 11.5. The summed E-state index contributed by atoms with van der Waals surface area (Å²) in [7, 11) is 0. The SMILES string of the molecule is C=CC(=O)OCCCCC(=O)OC(COc1ccccc1)COc1cccc(OCC(COc2ccccc2)OC(=O)CCCCOC(=O)C=C)c1. The fraction of sp³-hybridized carbons (Fsp3) is 0.350. The topological polar surface area (TPSA) is 142 Å². The van der Waals surface area contributed by atoms with E-state index in [-0.39, 0.29) is 52.5 Å². The van der Waals surface area contributed by atoms with Gasteiger partial charge in [0, 0.05) is 31.1 Å². The van der Waals surface area contributed by atoms with Crippen LogP contribution < -0.4 is 18.9 Å². The Morgan fingerprint density at radius 2 is 0.865 bits per heavy atom. The average Bonchev–Trinajstić information content (AvgIpc) is 3.17. The maximum Gasteiger partial charge on any atom is 0.330 e. The van der Waals surface area contributed by atoms with Gasteiger partial charge in [0.2, 0.25) is 0 Å². The molecule has 3 aromatic carbocycles. The fourth-order valence-electron chi connectivity index (χ4n) is 4.37. The molecule has 12 heteroatoms. The molecule has 0 aliphatic rings. The molecule has 52 heavy (non-hydrogen) atoms. The van der Waals surface area contributed by atoms with Crippen LogP contribution in [0.15, 0.2) is 110 Å². The van der Waals surface area contributed by atoms with Gasteiger partial charge in [-0.25, -0.2) is 9.59 Å². The molecule has 0 saturated heterocycles. The van der Waals surface area contributed by atoms with Crippen molar-refractivity contribution in [3.63, 3.8) is 0 Å². The molecule has 2 unspecified atom stereocenters. The second kappa shape index (κ2) is 24.4. The lowest BCUT2D eigenvalue weighted by Gasteiger charge is -2.20. The highest BCUT2D eigenvalue weighted by molar-refractivity contribution is 5.81. The molecule has 3 rings (SSSR count). The van der Waals surface area contributed by atoms with Crippen LogP contribution in [0.1, 0.15) is 38.5 Å². The molecule has 0 saturated carbocycles. The molecule has 0 N–H and O–H groups in total. The zero-order valence-electron chi connectivity index (χ0n) is 29.2. The number of hydrogen-bond donors (Lipinski definition) is 0. The second-order valence-electron chi connectivity index (χ2n) is 11.2. The van der Waals surface area contributed by atoms with Gasteiger partial charge < -0.3 is 37.9 Å². The third-order valence-electron chi connectivity index (χ3n) is 7.00. The standard InChI is InChI=1S/C40H46O12/c1-3-37(41)45-24-13-11-22-39(43)51-35(27-47-31-16-7-5-8-17-31)29-49-33-20-15-21-34(26-33)50-30-36(28-48-32-18-9-6-10-19-32)52-40(44)23-12-14-25-46-38(42)4-2/h3-10,15-21,26,35-36H,1-2,11-14,22-25,27-30H2.